The summed E-state index contributed by atoms with van der Waals surface area (Å²) in [4.78, 5) is 12.8. The summed E-state index contributed by atoms with van der Waals surface area (Å²) in [6, 6.07) is 0. The number of hydrogen-bond acceptors (Lipinski definition) is 1. The molecule has 0 aliphatic carbocycles. The monoisotopic (exact) mass is 255 g/mol. The van der Waals surface area contributed by atoms with Crippen molar-refractivity contribution < 1.29 is 13.2 Å². The van der Waals surface area contributed by atoms with Crippen molar-refractivity contribution >= 4 is 15.9 Å². The average Bonchev–Trinajstić information content (AvgIpc) is 2.04. The molecule has 1 aromatic rings. The van der Waals surface area contributed by atoms with Gasteiger partial charge in [-0.1, -0.05) is 15.9 Å². The summed E-state index contributed by atoms with van der Waals surface area (Å²) in [7, 11) is 0. The third-order valence-electron chi connectivity index (χ3n) is 1.50. The molecule has 0 saturated carbocycles. The fourth-order valence-electron chi connectivity index (χ4n) is 0.859. The highest BCUT2D eigenvalue weighted by Crippen LogP contribution is 2.20. The van der Waals surface area contributed by atoms with E-state index in [-0.39, 0.29) is 10.9 Å². The number of pyridine rings is 1. The zero-order chi connectivity index (χ0) is 10.0. The molecule has 0 aliphatic rings. The van der Waals surface area contributed by atoms with Crippen LogP contribution in [0.5, 0.6) is 0 Å². The predicted molar refractivity (Wildman–Crippen MR) is 44.6 cm³/mol. The smallest absolute Gasteiger partial charge is 0.272 e. The number of halogens is 4. The maximum Gasteiger partial charge on any atom is 0.272 e. The second kappa shape index (κ2) is 3.95. The van der Waals surface area contributed by atoms with E-state index >= 15 is 0 Å². The molecule has 0 amide bonds. The highest BCUT2D eigenvalue weighted by atomic mass is 79.9. The largest absolute Gasteiger partial charge is 0.328 e. The van der Waals surface area contributed by atoms with Gasteiger partial charge < -0.3 is 4.98 Å². The van der Waals surface area contributed by atoms with Crippen molar-refractivity contribution in [3.8, 4) is 0 Å². The minimum atomic E-state index is -3.09. The Morgan fingerprint density at radius 3 is 2.62 bits per heavy atom. The molecule has 1 N–H and O–H groups in total. The molecule has 0 fully saturated rings. The summed E-state index contributed by atoms with van der Waals surface area (Å²) >= 11 is 2.91. The summed E-state index contributed by atoms with van der Waals surface area (Å²) in [5.41, 5.74) is -2.18. The van der Waals surface area contributed by atoms with E-state index in [1.165, 1.54) is 0 Å². The van der Waals surface area contributed by atoms with Gasteiger partial charge in [0.1, 0.15) is 11.4 Å². The second-order valence-electron chi connectivity index (χ2n) is 2.31. The van der Waals surface area contributed by atoms with Crippen LogP contribution in [0.1, 0.15) is 17.6 Å². The van der Waals surface area contributed by atoms with Crippen molar-refractivity contribution in [2.45, 2.75) is 11.8 Å². The lowest BCUT2D eigenvalue weighted by atomic mass is 10.2. The van der Waals surface area contributed by atoms with Crippen LogP contribution < -0.4 is 5.56 Å². The Labute approximate surface area is 79.9 Å². The number of nitrogens with one attached hydrogen (secondary N) is 1. The van der Waals surface area contributed by atoms with Crippen LogP contribution in [-0.4, -0.2) is 4.98 Å². The van der Waals surface area contributed by atoms with Gasteiger partial charge >= 0.3 is 0 Å². The van der Waals surface area contributed by atoms with Crippen LogP contribution in [-0.2, 0) is 5.33 Å². The Morgan fingerprint density at radius 1 is 1.54 bits per heavy atom. The van der Waals surface area contributed by atoms with Crippen LogP contribution in [0.4, 0.5) is 13.2 Å². The van der Waals surface area contributed by atoms with E-state index in [2.05, 4.69) is 15.9 Å². The number of rotatable bonds is 2. The Morgan fingerprint density at radius 2 is 2.15 bits per heavy atom. The number of hydrogen-bond donors (Lipinski definition) is 1. The maximum absolute atomic E-state index is 13.1. The van der Waals surface area contributed by atoms with Crippen molar-refractivity contribution in [3.05, 3.63) is 33.5 Å². The summed E-state index contributed by atoms with van der Waals surface area (Å²) in [6.07, 6.45) is -2.03. The first-order chi connectivity index (χ1) is 6.07. The minimum absolute atomic E-state index is 0.00917. The summed E-state index contributed by atoms with van der Waals surface area (Å²) < 4.78 is 37.3. The van der Waals surface area contributed by atoms with Crippen molar-refractivity contribution in [2.75, 3.05) is 0 Å². The topological polar surface area (TPSA) is 32.9 Å². The van der Waals surface area contributed by atoms with Crippen LogP contribution in [0, 0.1) is 5.82 Å². The van der Waals surface area contributed by atoms with Crippen molar-refractivity contribution in [1.29, 1.82) is 0 Å². The number of H-pyrrole nitrogens is 1. The molecule has 1 heterocycles. The minimum Gasteiger partial charge on any atom is -0.328 e. The Kier molecular flexibility index (Phi) is 3.13. The van der Waals surface area contributed by atoms with Gasteiger partial charge in [0.25, 0.3) is 12.0 Å². The van der Waals surface area contributed by atoms with Crippen molar-refractivity contribution in [2.24, 2.45) is 0 Å². The van der Waals surface area contributed by atoms with Gasteiger partial charge in [-0.15, -0.1) is 0 Å². The van der Waals surface area contributed by atoms with Crippen LogP contribution in [0.3, 0.4) is 0 Å². The van der Waals surface area contributed by atoms with Gasteiger partial charge in [-0.05, 0) is 0 Å². The van der Waals surface area contributed by atoms with E-state index in [0.717, 1.165) is 6.20 Å². The number of aromatic nitrogens is 1. The highest BCUT2D eigenvalue weighted by molar-refractivity contribution is 9.08. The molecule has 1 aromatic heterocycles. The summed E-state index contributed by atoms with van der Waals surface area (Å²) in [6.45, 7) is 0. The molecule has 0 radical (unpaired) electrons. The van der Waals surface area contributed by atoms with E-state index in [1.807, 2.05) is 4.98 Å². The number of alkyl halides is 3. The predicted octanol–water partition coefficient (Wildman–Crippen LogP) is 2.35. The third kappa shape index (κ3) is 1.93. The molecular formula is C7H5BrF3NO. The molecule has 0 aliphatic heterocycles. The fourth-order valence-corrected chi connectivity index (χ4v) is 1.27. The van der Waals surface area contributed by atoms with Gasteiger partial charge in [0.2, 0.25) is 0 Å². The SMILES string of the molecule is O=c1[nH]cc(CBr)c(F)c1C(F)F. The molecule has 0 bridgehead atoms. The van der Waals surface area contributed by atoms with Gasteiger partial charge in [0.05, 0.1) is 0 Å². The molecule has 1 rings (SSSR count). The van der Waals surface area contributed by atoms with Crippen LogP contribution >= 0.6 is 15.9 Å². The fraction of sp³-hybridized carbons (Fsp3) is 0.286. The lowest BCUT2D eigenvalue weighted by Crippen LogP contribution is -2.16. The molecule has 13 heavy (non-hydrogen) atoms. The number of aromatic amines is 1. The first-order valence-electron chi connectivity index (χ1n) is 3.32. The normalized spacial score (nSPS) is 10.8. The first-order valence-corrected chi connectivity index (χ1v) is 4.44. The van der Waals surface area contributed by atoms with E-state index < -0.39 is 23.4 Å². The summed E-state index contributed by atoms with van der Waals surface area (Å²) in [5, 5.41) is 0.0787. The first kappa shape index (κ1) is 10.3. The molecule has 6 heteroatoms. The van der Waals surface area contributed by atoms with Gasteiger partial charge in [-0.2, -0.15) is 0 Å². The summed E-state index contributed by atoms with van der Waals surface area (Å²) in [5.74, 6) is -1.14. The van der Waals surface area contributed by atoms with E-state index in [0.29, 0.717) is 0 Å². The second-order valence-corrected chi connectivity index (χ2v) is 2.87. The highest BCUT2D eigenvalue weighted by Gasteiger charge is 2.20. The van der Waals surface area contributed by atoms with Crippen molar-refractivity contribution in [1.82, 2.24) is 4.98 Å². The van der Waals surface area contributed by atoms with Crippen LogP contribution in [0.15, 0.2) is 11.0 Å². The van der Waals surface area contributed by atoms with Crippen molar-refractivity contribution in [3.63, 3.8) is 0 Å². The molecular weight excluding hydrogens is 251 g/mol. The molecule has 0 spiro atoms. The van der Waals surface area contributed by atoms with Crippen LogP contribution in [0.25, 0.3) is 0 Å². The zero-order valence-electron chi connectivity index (χ0n) is 6.28. The van der Waals surface area contributed by atoms with E-state index in [1.54, 1.807) is 0 Å². The quantitative estimate of drug-likeness (QED) is 0.809. The molecule has 0 saturated heterocycles. The molecule has 72 valence electrons. The Balaban J connectivity index is 3.39. The zero-order valence-corrected chi connectivity index (χ0v) is 7.87. The molecule has 2 nitrogen and oxygen atoms in total. The van der Waals surface area contributed by atoms with E-state index in [4.69, 9.17) is 0 Å². The average molecular weight is 256 g/mol. The van der Waals surface area contributed by atoms with E-state index in [9.17, 15) is 18.0 Å². The van der Waals surface area contributed by atoms with Gasteiger partial charge in [-0.25, -0.2) is 13.2 Å². The molecule has 0 atom stereocenters. The lowest BCUT2D eigenvalue weighted by Gasteiger charge is -2.03. The van der Waals surface area contributed by atoms with Crippen LogP contribution in [0.2, 0.25) is 0 Å². The Bertz CT molecular complexity index is 363. The molecule has 0 aromatic carbocycles. The van der Waals surface area contributed by atoms with Gasteiger partial charge in [0.15, 0.2) is 0 Å². The van der Waals surface area contributed by atoms with Gasteiger partial charge in [-0.3, -0.25) is 4.79 Å². The lowest BCUT2D eigenvalue weighted by molar-refractivity contribution is 0.144. The standard InChI is InChI=1S/C7H5BrF3NO/c8-1-3-2-12-7(13)4(5(3)9)6(10)11/h2,6H,1H2,(H,12,13). The van der Waals surface area contributed by atoms with Gasteiger partial charge in [0, 0.05) is 17.1 Å². The maximum atomic E-state index is 13.1. The molecule has 0 unspecified atom stereocenters. The Hall–Kier alpha value is -0.780. The third-order valence-corrected chi connectivity index (χ3v) is 2.11.